The Kier molecular flexibility index (Phi) is 4.76. The number of nitrogens with one attached hydrogen (secondary N) is 1. The van der Waals surface area contributed by atoms with Gasteiger partial charge < -0.3 is 15.8 Å². The molecule has 3 N–H and O–H groups in total. The van der Waals surface area contributed by atoms with Gasteiger partial charge in [-0.2, -0.15) is 0 Å². The van der Waals surface area contributed by atoms with Gasteiger partial charge in [-0.15, -0.1) is 5.10 Å². The maximum atomic E-state index is 11.9. The maximum absolute atomic E-state index is 11.9. The Hall–Kier alpha value is -2.57. The van der Waals surface area contributed by atoms with Crippen molar-refractivity contribution >= 4 is 17.5 Å². The summed E-state index contributed by atoms with van der Waals surface area (Å²) < 4.78 is 7.09. The van der Waals surface area contributed by atoms with Gasteiger partial charge in [0.1, 0.15) is 18.6 Å². The summed E-state index contributed by atoms with van der Waals surface area (Å²) in [6.45, 7) is 4.11. The third kappa shape index (κ3) is 4.48. The van der Waals surface area contributed by atoms with Crippen molar-refractivity contribution in [1.82, 2.24) is 14.8 Å². The predicted molar refractivity (Wildman–Crippen MR) is 79.9 cm³/mol. The molecule has 0 bridgehead atoms. The third-order valence-corrected chi connectivity index (χ3v) is 2.89. The number of anilines is 2. The molecule has 21 heavy (non-hydrogen) atoms. The zero-order valence-electron chi connectivity index (χ0n) is 12.1. The minimum atomic E-state index is -0.208. The molecule has 2 rings (SSSR count). The molecular formula is C14H19N5O2. The number of aromatic nitrogens is 3. The van der Waals surface area contributed by atoms with E-state index >= 15 is 0 Å². The highest BCUT2D eigenvalue weighted by molar-refractivity contribution is 5.90. The normalized spacial score (nSPS) is 11.9. The van der Waals surface area contributed by atoms with Crippen LogP contribution in [0.25, 0.3) is 0 Å². The smallest absolute Gasteiger partial charge is 0.246 e. The van der Waals surface area contributed by atoms with E-state index in [1.165, 1.54) is 11.0 Å². The van der Waals surface area contributed by atoms with E-state index in [-0.39, 0.29) is 24.5 Å². The molecule has 7 heteroatoms. The average molecular weight is 289 g/mol. The van der Waals surface area contributed by atoms with Crippen LogP contribution in [0, 0.1) is 0 Å². The number of carbonyl (C=O) groups is 1. The van der Waals surface area contributed by atoms with Crippen LogP contribution < -0.4 is 15.8 Å². The summed E-state index contributed by atoms with van der Waals surface area (Å²) in [6.07, 6.45) is 2.47. The molecule has 0 radical (unpaired) electrons. The standard InChI is InChI=1S/C14H19N5O2/c1-3-10(2)21-12-6-4-5-11(7-12)17-13(20)8-19-9-16-14(15)18-19/h4-7,9-10H,3,8H2,1-2H3,(H2,15,18)(H,17,20). The molecule has 0 aliphatic rings. The number of nitrogens with two attached hydrogens (primary N) is 1. The maximum Gasteiger partial charge on any atom is 0.246 e. The van der Waals surface area contributed by atoms with Gasteiger partial charge in [0.05, 0.1) is 6.10 Å². The molecular weight excluding hydrogens is 270 g/mol. The number of nitrogens with zero attached hydrogens (tertiary/aromatic N) is 3. The van der Waals surface area contributed by atoms with Gasteiger partial charge >= 0.3 is 0 Å². The monoisotopic (exact) mass is 289 g/mol. The minimum Gasteiger partial charge on any atom is -0.491 e. The van der Waals surface area contributed by atoms with Crippen LogP contribution in [0.1, 0.15) is 20.3 Å². The summed E-state index contributed by atoms with van der Waals surface area (Å²) in [5, 5.41) is 6.64. The van der Waals surface area contributed by atoms with Gasteiger partial charge in [0.15, 0.2) is 0 Å². The molecule has 7 nitrogen and oxygen atoms in total. The van der Waals surface area contributed by atoms with Crippen LogP contribution in [0.4, 0.5) is 11.6 Å². The molecule has 1 heterocycles. The summed E-state index contributed by atoms with van der Waals surface area (Å²) in [5.74, 6) is 0.666. The molecule has 1 aromatic heterocycles. The minimum absolute atomic E-state index is 0.0562. The quantitative estimate of drug-likeness (QED) is 0.843. The van der Waals surface area contributed by atoms with Gasteiger partial charge in [-0.3, -0.25) is 4.79 Å². The van der Waals surface area contributed by atoms with Crippen molar-refractivity contribution in [3.63, 3.8) is 0 Å². The number of carbonyl (C=O) groups excluding carboxylic acids is 1. The molecule has 112 valence electrons. The Morgan fingerprint density at radius 1 is 1.52 bits per heavy atom. The molecule has 2 aromatic rings. The van der Waals surface area contributed by atoms with Crippen molar-refractivity contribution < 1.29 is 9.53 Å². The lowest BCUT2D eigenvalue weighted by Gasteiger charge is -2.13. The van der Waals surface area contributed by atoms with Crippen LogP contribution in [0.2, 0.25) is 0 Å². The number of amides is 1. The summed E-state index contributed by atoms with van der Waals surface area (Å²) >= 11 is 0. The molecule has 0 aliphatic heterocycles. The lowest BCUT2D eigenvalue weighted by atomic mass is 10.2. The first-order valence-electron chi connectivity index (χ1n) is 6.78. The van der Waals surface area contributed by atoms with E-state index in [9.17, 15) is 4.79 Å². The van der Waals surface area contributed by atoms with Crippen molar-refractivity contribution in [3.8, 4) is 5.75 Å². The van der Waals surface area contributed by atoms with E-state index < -0.39 is 0 Å². The van der Waals surface area contributed by atoms with Crippen molar-refractivity contribution in [3.05, 3.63) is 30.6 Å². The van der Waals surface area contributed by atoms with Gasteiger partial charge in [-0.05, 0) is 25.5 Å². The number of hydrogen-bond donors (Lipinski definition) is 2. The van der Waals surface area contributed by atoms with Gasteiger partial charge in [0, 0.05) is 11.8 Å². The van der Waals surface area contributed by atoms with Gasteiger partial charge in [0.2, 0.25) is 11.9 Å². The van der Waals surface area contributed by atoms with E-state index in [4.69, 9.17) is 10.5 Å². The highest BCUT2D eigenvalue weighted by atomic mass is 16.5. The largest absolute Gasteiger partial charge is 0.491 e. The second-order valence-electron chi connectivity index (χ2n) is 4.71. The highest BCUT2D eigenvalue weighted by Crippen LogP contribution is 2.19. The molecule has 1 amide bonds. The Labute approximate surface area is 123 Å². The third-order valence-electron chi connectivity index (χ3n) is 2.89. The first kappa shape index (κ1) is 14.8. The summed E-state index contributed by atoms with van der Waals surface area (Å²) in [7, 11) is 0. The van der Waals surface area contributed by atoms with E-state index in [1.807, 2.05) is 19.1 Å². The van der Waals surface area contributed by atoms with E-state index in [1.54, 1.807) is 12.1 Å². The number of benzene rings is 1. The lowest BCUT2D eigenvalue weighted by Crippen LogP contribution is -2.19. The second-order valence-corrected chi connectivity index (χ2v) is 4.71. The van der Waals surface area contributed by atoms with Gasteiger partial charge in [0.25, 0.3) is 0 Å². The molecule has 0 saturated carbocycles. The molecule has 1 unspecified atom stereocenters. The summed E-state index contributed by atoms with van der Waals surface area (Å²) in [6, 6.07) is 7.29. The fourth-order valence-electron chi connectivity index (χ4n) is 1.70. The Balaban J connectivity index is 1.95. The molecule has 0 fully saturated rings. The van der Waals surface area contributed by atoms with Crippen molar-refractivity contribution in [1.29, 1.82) is 0 Å². The summed E-state index contributed by atoms with van der Waals surface area (Å²) in [5.41, 5.74) is 6.07. The summed E-state index contributed by atoms with van der Waals surface area (Å²) in [4.78, 5) is 15.7. The average Bonchev–Trinajstić information content (AvgIpc) is 2.84. The van der Waals surface area contributed by atoms with E-state index in [2.05, 4.69) is 22.3 Å². The second kappa shape index (κ2) is 6.74. The van der Waals surface area contributed by atoms with Crippen LogP contribution in [-0.2, 0) is 11.3 Å². The van der Waals surface area contributed by atoms with E-state index in [0.29, 0.717) is 5.69 Å². The number of hydrogen-bond acceptors (Lipinski definition) is 5. The zero-order chi connectivity index (χ0) is 15.2. The molecule has 1 atom stereocenters. The van der Waals surface area contributed by atoms with E-state index in [0.717, 1.165) is 12.2 Å². The van der Waals surface area contributed by atoms with Gasteiger partial charge in [-0.1, -0.05) is 13.0 Å². The molecule has 0 aliphatic carbocycles. The number of rotatable bonds is 6. The fourth-order valence-corrected chi connectivity index (χ4v) is 1.70. The fraction of sp³-hybridized carbons (Fsp3) is 0.357. The van der Waals surface area contributed by atoms with Gasteiger partial charge in [-0.25, -0.2) is 9.67 Å². The van der Waals surface area contributed by atoms with Crippen LogP contribution in [0.5, 0.6) is 5.75 Å². The SMILES string of the molecule is CCC(C)Oc1cccc(NC(=O)Cn2cnc(N)n2)c1. The van der Waals surface area contributed by atoms with Crippen LogP contribution in [-0.4, -0.2) is 26.8 Å². The Morgan fingerprint density at radius 3 is 3.00 bits per heavy atom. The molecule has 0 spiro atoms. The van der Waals surface area contributed by atoms with Crippen LogP contribution in [0.15, 0.2) is 30.6 Å². The lowest BCUT2D eigenvalue weighted by molar-refractivity contribution is -0.116. The van der Waals surface area contributed by atoms with Crippen molar-refractivity contribution in [2.45, 2.75) is 32.9 Å². The Morgan fingerprint density at radius 2 is 2.33 bits per heavy atom. The number of ether oxygens (including phenoxy) is 1. The predicted octanol–water partition coefficient (Wildman–Crippen LogP) is 1.68. The topological polar surface area (TPSA) is 95.1 Å². The van der Waals surface area contributed by atoms with Crippen LogP contribution >= 0.6 is 0 Å². The van der Waals surface area contributed by atoms with Crippen molar-refractivity contribution in [2.24, 2.45) is 0 Å². The first-order valence-corrected chi connectivity index (χ1v) is 6.78. The number of nitrogen functional groups attached to an aromatic ring is 1. The van der Waals surface area contributed by atoms with Crippen LogP contribution in [0.3, 0.4) is 0 Å². The molecule has 1 aromatic carbocycles. The highest BCUT2D eigenvalue weighted by Gasteiger charge is 2.07. The Bertz CT molecular complexity index is 611. The molecule has 0 saturated heterocycles. The first-order chi connectivity index (χ1) is 10.1. The zero-order valence-corrected chi connectivity index (χ0v) is 12.1. The van der Waals surface area contributed by atoms with Crippen molar-refractivity contribution in [2.75, 3.05) is 11.1 Å².